The van der Waals surface area contributed by atoms with Gasteiger partial charge in [0.2, 0.25) is 0 Å². The Balaban J connectivity index is 1.43. The van der Waals surface area contributed by atoms with Gasteiger partial charge in [0.1, 0.15) is 0 Å². The van der Waals surface area contributed by atoms with Gasteiger partial charge in [0.05, 0.1) is 31.5 Å². The standard InChI is InChI=1S/C27H30O4/c1-18-24(29-16-20-10-5-3-6-11-20)23-22-14-9-15-27(23,19(2)28)31-26(22)25(18)30-17-21-12-7-4-8-13-21/h3-13,15,18,22-26H,14,16-17H2,1-2H3/t18-,22-,23+,24-,25-,26-,27-/m1/s1. The number of carbonyl (C=O) groups is 1. The highest BCUT2D eigenvalue weighted by atomic mass is 16.6. The highest BCUT2D eigenvalue weighted by Crippen LogP contribution is 2.57. The van der Waals surface area contributed by atoms with Crippen LogP contribution in [0.3, 0.4) is 0 Å². The molecule has 2 aliphatic carbocycles. The number of ketones is 1. The first-order valence-electron chi connectivity index (χ1n) is 11.3. The quantitative estimate of drug-likeness (QED) is 0.610. The molecule has 31 heavy (non-hydrogen) atoms. The summed E-state index contributed by atoms with van der Waals surface area (Å²) in [5, 5.41) is 0. The van der Waals surface area contributed by atoms with Crippen molar-refractivity contribution in [3.8, 4) is 0 Å². The normalized spacial score (nSPS) is 35.8. The molecule has 4 heteroatoms. The lowest BCUT2D eigenvalue weighted by molar-refractivity contribution is -0.150. The van der Waals surface area contributed by atoms with Crippen LogP contribution in [0.2, 0.25) is 0 Å². The molecule has 1 saturated heterocycles. The van der Waals surface area contributed by atoms with E-state index in [9.17, 15) is 4.79 Å². The van der Waals surface area contributed by atoms with Crippen LogP contribution in [0.1, 0.15) is 31.4 Å². The molecule has 4 nitrogen and oxygen atoms in total. The Morgan fingerprint density at radius 2 is 1.55 bits per heavy atom. The van der Waals surface area contributed by atoms with Gasteiger partial charge in [-0.25, -0.2) is 0 Å². The molecular weight excluding hydrogens is 388 g/mol. The molecule has 7 atom stereocenters. The molecule has 2 aromatic rings. The number of hydrogen-bond donors (Lipinski definition) is 0. The zero-order valence-corrected chi connectivity index (χ0v) is 18.1. The maximum atomic E-state index is 12.9. The number of Topliss-reactive ketones (excluding diaryl/α,β-unsaturated/α-hetero) is 1. The lowest BCUT2D eigenvalue weighted by Gasteiger charge is -2.46. The maximum Gasteiger partial charge on any atom is 0.165 e. The zero-order valence-electron chi connectivity index (χ0n) is 18.1. The maximum absolute atomic E-state index is 12.9. The van der Waals surface area contributed by atoms with Crippen LogP contribution >= 0.6 is 0 Å². The van der Waals surface area contributed by atoms with E-state index in [1.807, 2.05) is 42.5 Å². The average molecular weight is 419 g/mol. The van der Waals surface area contributed by atoms with E-state index in [0.717, 1.165) is 17.5 Å². The number of rotatable bonds is 7. The van der Waals surface area contributed by atoms with Gasteiger partial charge in [0, 0.05) is 11.8 Å². The van der Waals surface area contributed by atoms with Gasteiger partial charge in [-0.2, -0.15) is 0 Å². The molecule has 0 N–H and O–H groups in total. The van der Waals surface area contributed by atoms with E-state index in [2.05, 4.69) is 37.3 Å². The smallest absolute Gasteiger partial charge is 0.165 e. The van der Waals surface area contributed by atoms with Gasteiger partial charge in [0.25, 0.3) is 0 Å². The van der Waals surface area contributed by atoms with E-state index < -0.39 is 5.60 Å². The van der Waals surface area contributed by atoms with Crippen LogP contribution in [0.5, 0.6) is 0 Å². The van der Waals surface area contributed by atoms with Crippen LogP contribution in [0, 0.1) is 17.8 Å². The molecule has 0 aromatic heterocycles. The van der Waals surface area contributed by atoms with Crippen molar-refractivity contribution in [3.63, 3.8) is 0 Å². The van der Waals surface area contributed by atoms with Gasteiger partial charge >= 0.3 is 0 Å². The summed E-state index contributed by atoms with van der Waals surface area (Å²) in [6.07, 6.45) is 4.66. The van der Waals surface area contributed by atoms with E-state index in [1.165, 1.54) is 0 Å². The predicted molar refractivity (Wildman–Crippen MR) is 118 cm³/mol. The summed E-state index contributed by atoms with van der Waals surface area (Å²) in [6.45, 7) is 4.88. The summed E-state index contributed by atoms with van der Waals surface area (Å²) >= 11 is 0. The largest absolute Gasteiger partial charge is 0.373 e. The van der Waals surface area contributed by atoms with Gasteiger partial charge in [-0.1, -0.05) is 73.7 Å². The Bertz CT molecular complexity index is 940. The molecule has 0 unspecified atom stereocenters. The molecular formula is C27H30O4. The van der Waals surface area contributed by atoms with Crippen molar-refractivity contribution < 1.29 is 19.0 Å². The van der Waals surface area contributed by atoms with Crippen molar-refractivity contribution in [2.24, 2.45) is 17.8 Å². The molecule has 162 valence electrons. The third kappa shape index (κ3) is 3.57. The van der Waals surface area contributed by atoms with E-state index in [4.69, 9.17) is 14.2 Å². The Hall–Kier alpha value is -2.27. The first kappa shape index (κ1) is 20.6. The molecule has 2 fully saturated rings. The SMILES string of the molecule is CC(=O)[C@@]12C=CC[C@H]3[C@@H](O1)[C@H](OCc1ccccc1)[C@H](C)[C@@H](OCc1ccccc1)[C@H]32. The van der Waals surface area contributed by atoms with Crippen LogP contribution in [-0.4, -0.2) is 29.7 Å². The van der Waals surface area contributed by atoms with Gasteiger partial charge in [-0.15, -0.1) is 0 Å². The van der Waals surface area contributed by atoms with Crippen LogP contribution in [0.15, 0.2) is 72.8 Å². The van der Waals surface area contributed by atoms with Crippen molar-refractivity contribution in [3.05, 3.63) is 83.9 Å². The minimum atomic E-state index is -0.895. The molecule has 3 aliphatic rings. The van der Waals surface area contributed by atoms with E-state index >= 15 is 0 Å². The lowest BCUT2D eigenvalue weighted by atomic mass is 9.62. The fourth-order valence-corrected chi connectivity index (χ4v) is 5.83. The molecule has 2 aromatic carbocycles. The first-order chi connectivity index (χ1) is 15.1. The van der Waals surface area contributed by atoms with Crippen molar-refractivity contribution in [1.29, 1.82) is 0 Å². The van der Waals surface area contributed by atoms with Gasteiger partial charge in [0.15, 0.2) is 11.4 Å². The highest BCUT2D eigenvalue weighted by molar-refractivity contribution is 5.88. The van der Waals surface area contributed by atoms with Gasteiger partial charge < -0.3 is 14.2 Å². The van der Waals surface area contributed by atoms with Gasteiger partial charge in [-0.3, -0.25) is 4.79 Å². The topological polar surface area (TPSA) is 44.8 Å². The van der Waals surface area contributed by atoms with E-state index in [1.54, 1.807) is 6.92 Å². The molecule has 4 bridgehead atoms. The molecule has 0 radical (unpaired) electrons. The number of ether oxygens (including phenoxy) is 3. The summed E-state index contributed by atoms with van der Waals surface area (Å²) in [7, 11) is 0. The fraction of sp³-hybridized carbons (Fsp3) is 0.444. The van der Waals surface area contributed by atoms with Crippen LogP contribution in [-0.2, 0) is 32.2 Å². The second kappa shape index (κ2) is 8.34. The van der Waals surface area contributed by atoms with Crippen molar-refractivity contribution >= 4 is 5.78 Å². The molecule has 0 amide bonds. The summed E-state index contributed by atoms with van der Waals surface area (Å²) in [5.74, 6) is 0.429. The molecule has 0 spiro atoms. The molecule has 1 aliphatic heterocycles. The van der Waals surface area contributed by atoms with E-state index in [-0.39, 0.29) is 41.8 Å². The third-order valence-electron chi connectivity index (χ3n) is 7.32. The lowest BCUT2D eigenvalue weighted by Crippen LogP contribution is -2.56. The number of benzene rings is 2. The van der Waals surface area contributed by atoms with Crippen LogP contribution in [0.4, 0.5) is 0 Å². The Morgan fingerprint density at radius 1 is 0.968 bits per heavy atom. The molecule has 1 saturated carbocycles. The first-order valence-corrected chi connectivity index (χ1v) is 11.3. The zero-order chi connectivity index (χ0) is 21.4. The van der Waals surface area contributed by atoms with E-state index in [0.29, 0.717) is 13.2 Å². The monoisotopic (exact) mass is 418 g/mol. The number of hydrogen-bond acceptors (Lipinski definition) is 4. The Morgan fingerprint density at radius 3 is 2.13 bits per heavy atom. The van der Waals surface area contributed by atoms with Crippen LogP contribution in [0.25, 0.3) is 0 Å². The fourth-order valence-electron chi connectivity index (χ4n) is 5.83. The minimum absolute atomic E-state index is 0.0234. The summed E-state index contributed by atoms with van der Waals surface area (Å²) < 4.78 is 19.6. The Labute approximate surface area is 184 Å². The minimum Gasteiger partial charge on any atom is -0.373 e. The predicted octanol–water partition coefficient (Wildman–Crippen LogP) is 4.73. The van der Waals surface area contributed by atoms with Crippen molar-refractivity contribution in [1.82, 2.24) is 0 Å². The number of carbonyl (C=O) groups excluding carboxylic acids is 1. The van der Waals surface area contributed by atoms with Crippen molar-refractivity contribution in [2.75, 3.05) is 0 Å². The highest BCUT2D eigenvalue weighted by Gasteiger charge is 2.67. The average Bonchev–Trinajstić information content (AvgIpc) is 2.92. The Kier molecular flexibility index (Phi) is 5.55. The summed E-state index contributed by atoms with van der Waals surface area (Å²) in [4.78, 5) is 12.9. The third-order valence-corrected chi connectivity index (χ3v) is 7.32. The van der Waals surface area contributed by atoms with Crippen LogP contribution < -0.4 is 0 Å². The second-order valence-corrected chi connectivity index (χ2v) is 9.14. The number of allylic oxidation sites excluding steroid dienone is 1. The summed E-state index contributed by atoms with van der Waals surface area (Å²) in [6, 6.07) is 20.4. The molecule has 1 heterocycles. The second-order valence-electron chi connectivity index (χ2n) is 9.14. The molecule has 5 rings (SSSR count). The summed E-state index contributed by atoms with van der Waals surface area (Å²) in [5.41, 5.74) is 1.38. The van der Waals surface area contributed by atoms with Crippen molar-refractivity contribution in [2.45, 2.75) is 57.4 Å². The van der Waals surface area contributed by atoms with Gasteiger partial charge in [-0.05, 0) is 36.5 Å².